The highest BCUT2D eigenvalue weighted by Gasteiger charge is 2.18. The molecule has 1 aromatic heterocycles. The van der Waals surface area contributed by atoms with Crippen molar-refractivity contribution in [2.75, 3.05) is 0 Å². The number of rotatable bonds is 4. The van der Waals surface area contributed by atoms with E-state index < -0.39 is 0 Å². The number of fused-ring (bicyclic) bond motifs is 1. The van der Waals surface area contributed by atoms with Crippen molar-refractivity contribution in [3.05, 3.63) is 91.3 Å². The van der Waals surface area contributed by atoms with Gasteiger partial charge in [0.2, 0.25) is 0 Å². The molecule has 24 heavy (non-hydrogen) atoms. The molecule has 4 aromatic rings. The van der Waals surface area contributed by atoms with E-state index in [0.29, 0.717) is 0 Å². The van der Waals surface area contributed by atoms with E-state index in [4.69, 9.17) is 4.42 Å². The lowest BCUT2D eigenvalue weighted by Crippen LogP contribution is -1.94. The number of oxazole rings is 1. The van der Waals surface area contributed by atoms with Crippen LogP contribution in [0.2, 0.25) is 0 Å². The molecule has 0 aliphatic carbocycles. The van der Waals surface area contributed by atoms with Gasteiger partial charge in [-0.2, -0.15) is 0 Å². The summed E-state index contributed by atoms with van der Waals surface area (Å²) in [5.74, 6) is 0. The van der Waals surface area contributed by atoms with Gasteiger partial charge in [0.05, 0.1) is 0 Å². The van der Waals surface area contributed by atoms with Gasteiger partial charge < -0.3 is 4.42 Å². The first-order chi connectivity index (χ1) is 11.9. The monoisotopic (exact) mass is 310 g/mol. The second-order valence-electron chi connectivity index (χ2n) is 5.66. The first-order valence-electron chi connectivity index (χ1n) is 7.92. The molecule has 0 N–H and O–H groups in total. The highest BCUT2D eigenvalue weighted by Crippen LogP contribution is 2.40. The molecule has 0 aliphatic heterocycles. The summed E-state index contributed by atoms with van der Waals surface area (Å²) >= 11 is 0. The quantitative estimate of drug-likeness (QED) is 0.452. The van der Waals surface area contributed by atoms with Crippen LogP contribution in [0.25, 0.3) is 33.4 Å². The molecule has 3 aromatic carbocycles. The lowest BCUT2D eigenvalue weighted by molar-refractivity contribution is 0.591. The Morgan fingerprint density at radius 3 is 2.17 bits per heavy atom. The average Bonchev–Trinajstić information content (AvgIpc) is 3.10. The van der Waals surface area contributed by atoms with Crippen molar-refractivity contribution >= 4 is 11.1 Å². The maximum absolute atomic E-state index is 5.49. The Hall–Kier alpha value is -3.13. The van der Waals surface area contributed by atoms with Gasteiger partial charge >= 0.3 is 0 Å². The third-order valence-corrected chi connectivity index (χ3v) is 4.15. The van der Waals surface area contributed by atoms with Crippen LogP contribution < -0.4 is 0 Å². The number of hydrogen-bond donors (Lipinski definition) is 0. The van der Waals surface area contributed by atoms with E-state index in [1.54, 1.807) is 0 Å². The highest BCUT2D eigenvalue weighted by molar-refractivity contribution is 6.01. The maximum atomic E-state index is 5.49. The van der Waals surface area contributed by atoms with Crippen LogP contribution in [0.15, 0.2) is 83.8 Å². The summed E-state index contributed by atoms with van der Waals surface area (Å²) in [4.78, 5) is 4.36. The van der Waals surface area contributed by atoms with E-state index in [-0.39, 0.29) is 0 Å². The molecule has 0 saturated carbocycles. The summed E-state index contributed by atoms with van der Waals surface area (Å²) in [5, 5.41) is 0. The zero-order valence-electron chi connectivity index (χ0n) is 13.2. The molecule has 0 atom stereocenters. The molecule has 0 bridgehead atoms. The molecule has 0 unspecified atom stereocenters. The summed E-state index contributed by atoms with van der Waals surface area (Å²) in [6.45, 7) is 3.91. The summed E-state index contributed by atoms with van der Waals surface area (Å²) in [6.07, 6.45) is 5.33. The van der Waals surface area contributed by atoms with Crippen LogP contribution in [-0.4, -0.2) is 4.98 Å². The number of aromatic nitrogens is 1. The fourth-order valence-corrected chi connectivity index (χ4v) is 3.14. The van der Waals surface area contributed by atoms with Crippen LogP contribution in [0.5, 0.6) is 0 Å². The van der Waals surface area contributed by atoms with Crippen LogP contribution >= 0.6 is 0 Å². The third-order valence-electron chi connectivity index (χ3n) is 4.15. The molecule has 2 heteroatoms. The van der Waals surface area contributed by atoms with Crippen molar-refractivity contribution < 1.29 is 4.42 Å². The average molecular weight is 310 g/mol. The fourth-order valence-electron chi connectivity index (χ4n) is 3.14. The van der Waals surface area contributed by atoms with Gasteiger partial charge in [0, 0.05) is 5.56 Å². The lowest BCUT2D eigenvalue weighted by atomic mass is 9.88. The van der Waals surface area contributed by atoms with E-state index in [1.165, 1.54) is 11.1 Å². The van der Waals surface area contributed by atoms with E-state index in [0.717, 1.165) is 34.2 Å². The Kier molecular flexibility index (Phi) is 3.72. The SMILES string of the molecule is C=CCc1cc2o[c]nc2c(-c2ccccc2)c1-c1ccccc1. The number of nitrogens with zero attached hydrogens (tertiary/aromatic N) is 1. The number of hydrogen-bond acceptors (Lipinski definition) is 2. The Labute approximate surface area is 141 Å². The molecule has 1 radical (unpaired) electrons. The van der Waals surface area contributed by atoms with Crippen LogP contribution in [0, 0.1) is 6.39 Å². The predicted octanol–water partition coefficient (Wildman–Crippen LogP) is 5.69. The summed E-state index contributed by atoms with van der Waals surface area (Å²) in [5.41, 5.74) is 7.32. The number of allylic oxidation sites excluding steroid dienone is 1. The van der Waals surface area contributed by atoms with Crippen molar-refractivity contribution in [2.45, 2.75) is 6.42 Å². The van der Waals surface area contributed by atoms with E-state index in [1.807, 2.05) is 30.3 Å². The standard InChI is InChI=1S/C22H16NO/c1-2-9-18-14-19-22(23-15-24-19)21(17-12-7-4-8-13-17)20(18)16-10-5-3-6-11-16/h2-8,10-14H,1,9H2. The van der Waals surface area contributed by atoms with Crippen molar-refractivity contribution in [3.63, 3.8) is 0 Å². The molecule has 115 valence electrons. The molecule has 0 fully saturated rings. The van der Waals surface area contributed by atoms with Crippen molar-refractivity contribution in [2.24, 2.45) is 0 Å². The van der Waals surface area contributed by atoms with Gasteiger partial charge in [0.1, 0.15) is 5.52 Å². The third kappa shape index (κ3) is 2.42. The van der Waals surface area contributed by atoms with Crippen LogP contribution in [0.1, 0.15) is 5.56 Å². The second-order valence-corrected chi connectivity index (χ2v) is 5.66. The molecule has 0 spiro atoms. The van der Waals surface area contributed by atoms with Gasteiger partial charge in [0.15, 0.2) is 5.58 Å². The molecule has 0 amide bonds. The minimum absolute atomic E-state index is 0.755. The topological polar surface area (TPSA) is 26.0 Å². The number of benzene rings is 3. The van der Waals surface area contributed by atoms with E-state index in [2.05, 4.69) is 60.4 Å². The zero-order chi connectivity index (χ0) is 16.4. The van der Waals surface area contributed by atoms with E-state index in [9.17, 15) is 0 Å². The van der Waals surface area contributed by atoms with Gasteiger partial charge in [-0.05, 0) is 34.7 Å². The van der Waals surface area contributed by atoms with E-state index >= 15 is 0 Å². The van der Waals surface area contributed by atoms with Crippen LogP contribution in [-0.2, 0) is 6.42 Å². The Morgan fingerprint density at radius 2 is 1.54 bits per heavy atom. The van der Waals surface area contributed by atoms with Gasteiger partial charge in [-0.25, -0.2) is 4.98 Å². The smallest absolute Gasteiger partial charge is 0.284 e. The first-order valence-corrected chi connectivity index (χ1v) is 7.92. The van der Waals surface area contributed by atoms with Gasteiger partial charge in [-0.3, -0.25) is 0 Å². The molecule has 1 heterocycles. The van der Waals surface area contributed by atoms with Gasteiger partial charge in [-0.1, -0.05) is 66.7 Å². The lowest BCUT2D eigenvalue weighted by Gasteiger charge is -2.15. The van der Waals surface area contributed by atoms with Gasteiger partial charge in [0.25, 0.3) is 6.39 Å². The summed E-state index contributed by atoms with van der Waals surface area (Å²) in [7, 11) is 0. The molecule has 0 saturated heterocycles. The summed E-state index contributed by atoms with van der Waals surface area (Å²) < 4.78 is 5.49. The highest BCUT2D eigenvalue weighted by atomic mass is 16.3. The fraction of sp³-hybridized carbons (Fsp3) is 0.0455. The Balaban J connectivity index is 2.13. The van der Waals surface area contributed by atoms with Crippen molar-refractivity contribution in [1.29, 1.82) is 0 Å². The first kappa shape index (κ1) is 14.5. The molecule has 2 nitrogen and oxygen atoms in total. The van der Waals surface area contributed by atoms with Crippen LogP contribution in [0.3, 0.4) is 0 Å². The van der Waals surface area contributed by atoms with Crippen LogP contribution in [0.4, 0.5) is 0 Å². The predicted molar refractivity (Wildman–Crippen MR) is 97.6 cm³/mol. The second kappa shape index (κ2) is 6.17. The summed E-state index contributed by atoms with van der Waals surface area (Å²) in [6, 6.07) is 22.8. The minimum atomic E-state index is 0.755. The van der Waals surface area contributed by atoms with Gasteiger partial charge in [-0.15, -0.1) is 6.58 Å². The van der Waals surface area contributed by atoms with Crippen molar-refractivity contribution in [3.8, 4) is 22.3 Å². The molecule has 4 rings (SSSR count). The Bertz CT molecular complexity index is 985. The molecule has 0 aliphatic rings. The minimum Gasteiger partial charge on any atom is -0.432 e. The molecular weight excluding hydrogens is 294 g/mol. The Morgan fingerprint density at radius 1 is 0.917 bits per heavy atom. The largest absolute Gasteiger partial charge is 0.432 e. The zero-order valence-corrected chi connectivity index (χ0v) is 13.2. The molecular formula is C22H16NO. The van der Waals surface area contributed by atoms with Crippen molar-refractivity contribution in [1.82, 2.24) is 4.98 Å². The normalized spacial score (nSPS) is 10.8. The maximum Gasteiger partial charge on any atom is 0.284 e.